The third kappa shape index (κ3) is 5.70. The van der Waals surface area contributed by atoms with E-state index in [0.29, 0.717) is 42.2 Å². The number of amides is 2. The first-order valence-electron chi connectivity index (χ1n) is 10.7. The molecule has 170 valence electrons. The Balaban J connectivity index is 1.35. The fraction of sp³-hybridized carbons (Fsp3) is 0.240. The van der Waals surface area contributed by atoms with Crippen LogP contribution in [-0.4, -0.2) is 55.0 Å². The van der Waals surface area contributed by atoms with Crippen LogP contribution >= 0.6 is 15.9 Å². The summed E-state index contributed by atoms with van der Waals surface area (Å²) in [6, 6.07) is 18.2. The van der Waals surface area contributed by atoms with Gasteiger partial charge in [-0.3, -0.25) is 9.59 Å². The number of methoxy groups -OCH3 is 1. The molecule has 0 atom stereocenters. The number of halogens is 1. The summed E-state index contributed by atoms with van der Waals surface area (Å²) in [7, 11) is 1.59. The zero-order valence-corrected chi connectivity index (χ0v) is 19.9. The van der Waals surface area contributed by atoms with Gasteiger partial charge in [-0.25, -0.2) is 4.98 Å². The van der Waals surface area contributed by atoms with Crippen molar-refractivity contribution in [2.24, 2.45) is 0 Å². The number of rotatable bonds is 5. The van der Waals surface area contributed by atoms with Gasteiger partial charge in [0.15, 0.2) is 0 Å². The summed E-state index contributed by atoms with van der Waals surface area (Å²) < 4.78 is 6.02. The topological polar surface area (TPSA) is 74.8 Å². The molecule has 2 aromatic carbocycles. The summed E-state index contributed by atoms with van der Waals surface area (Å²) in [5.74, 6) is 1.37. The SMILES string of the molecule is COc1ccc(C(=O)Nc2ccc(N3CCCN(C(=O)c4cccc(Br)c4)CC3)nc2)cc1. The lowest BCUT2D eigenvalue weighted by Crippen LogP contribution is -2.35. The second kappa shape index (κ2) is 10.5. The molecule has 0 spiro atoms. The summed E-state index contributed by atoms with van der Waals surface area (Å²) in [4.78, 5) is 33.9. The Morgan fingerprint density at radius 3 is 2.48 bits per heavy atom. The largest absolute Gasteiger partial charge is 0.497 e. The van der Waals surface area contributed by atoms with Crippen LogP contribution < -0.4 is 15.0 Å². The molecule has 2 heterocycles. The van der Waals surface area contributed by atoms with Crippen molar-refractivity contribution < 1.29 is 14.3 Å². The molecule has 4 rings (SSSR count). The van der Waals surface area contributed by atoms with Crippen molar-refractivity contribution in [1.82, 2.24) is 9.88 Å². The van der Waals surface area contributed by atoms with Gasteiger partial charge in [0.1, 0.15) is 11.6 Å². The summed E-state index contributed by atoms with van der Waals surface area (Å²) in [5.41, 5.74) is 1.86. The van der Waals surface area contributed by atoms with Gasteiger partial charge in [0.2, 0.25) is 0 Å². The molecule has 1 aromatic heterocycles. The van der Waals surface area contributed by atoms with E-state index >= 15 is 0 Å². The lowest BCUT2D eigenvalue weighted by atomic mass is 10.2. The third-order valence-corrected chi connectivity index (χ3v) is 6.03. The molecule has 33 heavy (non-hydrogen) atoms. The predicted molar refractivity (Wildman–Crippen MR) is 132 cm³/mol. The first kappa shape index (κ1) is 22.8. The first-order chi connectivity index (χ1) is 16.0. The van der Waals surface area contributed by atoms with E-state index in [-0.39, 0.29) is 11.8 Å². The van der Waals surface area contributed by atoms with Crippen LogP contribution in [0.2, 0.25) is 0 Å². The molecule has 8 heteroatoms. The molecule has 0 saturated carbocycles. The van der Waals surface area contributed by atoms with Crippen molar-refractivity contribution in [2.75, 3.05) is 43.5 Å². The Morgan fingerprint density at radius 2 is 1.79 bits per heavy atom. The monoisotopic (exact) mass is 508 g/mol. The van der Waals surface area contributed by atoms with Crippen molar-refractivity contribution in [3.05, 3.63) is 82.5 Å². The Morgan fingerprint density at radius 1 is 0.970 bits per heavy atom. The van der Waals surface area contributed by atoms with E-state index in [9.17, 15) is 9.59 Å². The average Bonchev–Trinajstić information content (AvgIpc) is 3.10. The fourth-order valence-electron chi connectivity index (χ4n) is 3.75. The van der Waals surface area contributed by atoms with E-state index in [1.807, 2.05) is 41.3 Å². The normalized spacial score (nSPS) is 13.9. The zero-order valence-electron chi connectivity index (χ0n) is 18.3. The van der Waals surface area contributed by atoms with E-state index in [1.165, 1.54) is 0 Å². The van der Waals surface area contributed by atoms with Crippen molar-refractivity contribution in [1.29, 1.82) is 0 Å². The van der Waals surface area contributed by atoms with Crippen LogP contribution in [0.15, 0.2) is 71.3 Å². The summed E-state index contributed by atoms with van der Waals surface area (Å²) in [6.45, 7) is 2.85. The second-order valence-corrected chi connectivity index (χ2v) is 8.65. The zero-order chi connectivity index (χ0) is 23.2. The van der Waals surface area contributed by atoms with Gasteiger partial charge in [-0.2, -0.15) is 0 Å². The van der Waals surface area contributed by atoms with Gasteiger partial charge in [-0.05, 0) is 61.0 Å². The maximum absolute atomic E-state index is 12.9. The number of anilines is 2. The molecule has 0 unspecified atom stereocenters. The molecule has 7 nitrogen and oxygen atoms in total. The van der Waals surface area contributed by atoms with Crippen LogP contribution in [0.5, 0.6) is 5.75 Å². The number of carbonyl (C=O) groups excluding carboxylic acids is 2. The number of hydrogen-bond acceptors (Lipinski definition) is 5. The molecule has 0 aliphatic carbocycles. The first-order valence-corrected chi connectivity index (χ1v) is 11.5. The van der Waals surface area contributed by atoms with Crippen LogP contribution in [-0.2, 0) is 0 Å². The molecular formula is C25H25BrN4O3. The molecule has 1 aliphatic rings. The highest BCUT2D eigenvalue weighted by molar-refractivity contribution is 9.10. The van der Waals surface area contributed by atoms with Crippen LogP contribution in [0, 0.1) is 0 Å². The number of carbonyl (C=O) groups is 2. The Bertz CT molecular complexity index is 1120. The van der Waals surface area contributed by atoms with Crippen molar-refractivity contribution in [2.45, 2.75) is 6.42 Å². The van der Waals surface area contributed by atoms with Crippen molar-refractivity contribution in [3.63, 3.8) is 0 Å². The molecule has 2 amide bonds. The highest BCUT2D eigenvalue weighted by Crippen LogP contribution is 2.19. The number of nitrogens with one attached hydrogen (secondary N) is 1. The van der Waals surface area contributed by atoms with Crippen molar-refractivity contribution in [3.8, 4) is 5.75 Å². The second-order valence-electron chi connectivity index (χ2n) is 7.73. The highest BCUT2D eigenvalue weighted by atomic mass is 79.9. The Labute approximate surface area is 201 Å². The third-order valence-electron chi connectivity index (χ3n) is 5.54. The van der Waals surface area contributed by atoms with Crippen LogP contribution in [0.25, 0.3) is 0 Å². The molecule has 1 saturated heterocycles. The van der Waals surface area contributed by atoms with E-state index < -0.39 is 0 Å². The van der Waals surface area contributed by atoms with Crippen LogP contribution in [0.3, 0.4) is 0 Å². The number of hydrogen-bond donors (Lipinski definition) is 1. The van der Waals surface area contributed by atoms with Gasteiger partial charge in [-0.1, -0.05) is 22.0 Å². The molecule has 1 aliphatic heterocycles. The minimum atomic E-state index is -0.205. The van der Waals surface area contributed by atoms with Crippen LogP contribution in [0.4, 0.5) is 11.5 Å². The number of aromatic nitrogens is 1. The Hall–Kier alpha value is -3.39. The van der Waals surface area contributed by atoms with Gasteiger partial charge in [0.05, 0.1) is 19.0 Å². The number of pyridine rings is 1. The van der Waals surface area contributed by atoms with Gasteiger partial charge in [-0.15, -0.1) is 0 Å². The number of benzene rings is 2. The smallest absolute Gasteiger partial charge is 0.255 e. The minimum absolute atomic E-state index is 0.0442. The number of ether oxygens (including phenoxy) is 1. The molecule has 3 aromatic rings. The maximum Gasteiger partial charge on any atom is 0.255 e. The highest BCUT2D eigenvalue weighted by Gasteiger charge is 2.21. The van der Waals surface area contributed by atoms with Crippen LogP contribution in [0.1, 0.15) is 27.1 Å². The lowest BCUT2D eigenvalue weighted by Gasteiger charge is -2.23. The summed E-state index contributed by atoms with van der Waals surface area (Å²) in [5, 5.41) is 2.87. The standard InChI is InChI=1S/C25H25BrN4O3/c1-33-22-9-6-18(7-10-22)24(31)28-21-8-11-23(27-17-21)29-12-3-13-30(15-14-29)25(32)19-4-2-5-20(26)16-19/h2,4-11,16-17H,3,12-15H2,1H3,(H,28,31). The summed E-state index contributed by atoms with van der Waals surface area (Å²) in [6.07, 6.45) is 2.52. The number of nitrogens with zero attached hydrogens (tertiary/aromatic N) is 3. The van der Waals surface area contributed by atoms with E-state index in [2.05, 4.69) is 31.1 Å². The molecule has 1 N–H and O–H groups in total. The fourth-order valence-corrected chi connectivity index (χ4v) is 4.15. The van der Waals surface area contributed by atoms with Gasteiger partial charge in [0.25, 0.3) is 11.8 Å². The van der Waals surface area contributed by atoms with E-state index in [1.54, 1.807) is 37.6 Å². The van der Waals surface area contributed by atoms with Gasteiger partial charge >= 0.3 is 0 Å². The quantitative estimate of drug-likeness (QED) is 0.550. The predicted octanol–water partition coefficient (Wildman–Crippen LogP) is 4.46. The van der Waals surface area contributed by atoms with E-state index in [0.717, 1.165) is 23.3 Å². The molecule has 0 bridgehead atoms. The maximum atomic E-state index is 12.9. The molecular weight excluding hydrogens is 484 g/mol. The Kier molecular flexibility index (Phi) is 7.24. The van der Waals surface area contributed by atoms with Crippen molar-refractivity contribution >= 4 is 39.2 Å². The van der Waals surface area contributed by atoms with Gasteiger partial charge in [0, 0.05) is 41.8 Å². The van der Waals surface area contributed by atoms with E-state index in [4.69, 9.17) is 4.74 Å². The van der Waals surface area contributed by atoms with Gasteiger partial charge < -0.3 is 19.9 Å². The average molecular weight is 509 g/mol. The summed E-state index contributed by atoms with van der Waals surface area (Å²) >= 11 is 3.43. The lowest BCUT2D eigenvalue weighted by molar-refractivity contribution is 0.0766. The minimum Gasteiger partial charge on any atom is -0.497 e. The molecule has 0 radical (unpaired) electrons. The molecule has 1 fully saturated rings.